The summed E-state index contributed by atoms with van der Waals surface area (Å²) in [6, 6.07) is 12.0. The highest BCUT2D eigenvalue weighted by Crippen LogP contribution is 2.42. The van der Waals surface area contributed by atoms with E-state index < -0.39 is 11.2 Å². The fourth-order valence-electron chi connectivity index (χ4n) is 4.31. The lowest BCUT2D eigenvalue weighted by atomic mass is 9.77. The molecule has 0 bridgehead atoms. The van der Waals surface area contributed by atoms with Crippen molar-refractivity contribution in [3.63, 3.8) is 0 Å². The Bertz CT molecular complexity index is 907. The second kappa shape index (κ2) is 7.34. The number of carbonyl (C=O) groups is 2. The van der Waals surface area contributed by atoms with Crippen LogP contribution in [0.1, 0.15) is 35.2 Å². The molecule has 0 atom stereocenters. The third-order valence-corrected chi connectivity index (χ3v) is 5.94. The van der Waals surface area contributed by atoms with Crippen molar-refractivity contribution in [3.8, 4) is 0 Å². The van der Waals surface area contributed by atoms with Crippen LogP contribution in [0.3, 0.4) is 0 Å². The average molecular weight is 384 g/mol. The maximum Gasteiger partial charge on any atom is 0.253 e. The van der Waals surface area contributed by atoms with E-state index in [1.54, 1.807) is 21.9 Å². The minimum absolute atomic E-state index is 0.0922. The number of rotatable bonds is 3. The number of benzene rings is 2. The van der Waals surface area contributed by atoms with E-state index in [1.165, 1.54) is 30.3 Å². The molecular weight excluding hydrogens is 362 g/mol. The summed E-state index contributed by atoms with van der Waals surface area (Å²) in [4.78, 5) is 29.1. The Kier molecular flexibility index (Phi) is 4.87. The third kappa shape index (κ3) is 3.51. The zero-order valence-corrected chi connectivity index (χ0v) is 15.5. The predicted molar refractivity (Wildman–Crippen MR) is 100 cm³/mol. The summed E-state index contributed by atoms with van der Waals surface area (Å²) in [7, 11) is 0. The fraction of sp³-hybridized carbons (Fsp3) is 0.364. The number of halogens is 2. The van der Waals surface area contributed by atoms with Gasteiger partial charge in [-0.3, -0.25) is 9.59 Å². The summed E-state index contributed by atoms with van der Waals surface area (Å²) < 4.78 is 26.8. The molecular formula is C22H22F2N2O2. The highest BCUT2D eigenvalue weighted by molar-refractivity contribution is 5.94. The van der Waals surface area contributed by atoms with E-state index in [9.17, 15) is 18.4 Å². The van der Waals surface area contributed by atoms with E-state index in [-0.39, 0.29) is 17.6 Å². The highest BCUT2D eigenvalue weighted by atomic mass is 19.1. The lowest BCUT2D eigenvalue weighted by molar-refractivity contribution is -0.138. The van der Waals surface area contributed by atoms with Gasteiger partial charge in [0.15, 0.2) is 0 Å². The first kappa shape index (κ1) is 18.6. The van der Waals surface area contributed by atoms with Gasteiger partial charge in [0.25, 0.3) is 5.91 Å². The fourth-order valence-corrected chi connectivity index (χ4v) is 4.31. The molecule has 0 radical (unpaired) electrons. The molecule has 0 aliphatic carbocycles. The van der Waals surface area contributed by atoms with Crippen molar-refractivity contribution >= 4 is 11.8 Å². The van der Waals surface area contributed by atoms with Gasteiger partial charge in [0, 0.05) is 31.7 Å². The minimum atomic E-state index is -0.438. The van der Waals surface area contributed by atoms with Gasteiger partial charge in [-0.2, -0.15) is 0 Å². The molecule has 28 heavy (non-hydrogen) atoms. The predicted octanol–water partition coefficient (Wildman–Crippen LogP) is 3.62. The zero-order valence-electron chi connectivity index (χ0n) is 15.5. The smallest absolute Gasteiger partial charge is 0.253 e. The van der Waals surface area contributed by atoms with Gasteiger partial charge < -0.3 is 9.80 Å². The van der Waals surface area contributed by atoms with Crippen LogP contribution in [0.5, 0.6) is 0 Å². The zero-order chi connectivity index (χ0) is 19.7. The Balaban J connectivity index is 1.40. The molecule has 2 amide bonds. The van der Waals surface area contributed by atoms with Gasteiger partial charge >= 0.3 is 0 Å². The SMILES string of the molecule is O=C(c1cccc(F)c1)N1CCC2(CC1)CCN(Cc1cccc(F)c1)C2=O. The van der Waals surface area contributed by atoms with Crippen molar-refractivity contribution in [2.24, 2.45) is 5.41 Å². The van der Waals surface area contributed by atoms with Crippen LogP contribution in [0, 0.1) is 17.0 Å². The Hall–Kier alpha value is -2.76. The van der Waals surface area contributed by atoms with Crippen molar-refractivity contribution in [3.05, 3.63) is 71.3 Å². The average Bonchev–Trinajstić information content (AvgIpc) is 2.98. The summed E-state index contributed by atoms with van der Waals surface area (Å²) >= 11 is 0. The van der Waals surface area contributed by atoms with Gasteiger partial charge in [-0.25, -0.2) is 8.78 Å². The monoisotopic (exact) mass is 384 g/mol. The number of nitrogens with zero attached hydrogens (tertiary/aromatic N) is 2. The Morgan fingerprint density at radius 3 is 2.25 bits per heavy atom. The lowest BCUT2D eigenvalue weighted by Crippen LogP contribution is -2.46. The normalized spacial score (nSPS) is 18.7. The first-order valence-electron chi connectivity index (χ1n) is 9.56. The van der Waals surface area contributed by atoms with E-state index in [0.29, 0.717) is 44.6 Å². The molecule has 4 nitrogen and oxygen atoms in total. The molecule has 2 aliphatic heterocycles. The first-order chi connectivity index (χ1) is 13.5. The van der Waals surface area contributed by atoms with Gasteiger partial charge in [-0.05, 0) is 55.2 Å². The van der Waals surface area contributed by atoms with Gasteiger partial charge in [-0.1, -0.05) is 18.2 Å². The number of likely N-dealkylation sites (tertiary alicyclic amines) is 2. The summed E-state index contributed by atoms with van der Waals surface area (Å²) in [6.07, 6.45) is 1.96. The molecule has 2 fully saturated rings. The van der Waals surface area contributed by atoms with E-state index in [4.69, 9.17) is 0 Å². The number of amides is 2. The topological polar surface area (TPSA) is 40.6 Å². The molecule has 2 aliphatic rings. The Morgan fingerprint density at radius 2 is 1.57 bits per heavy atom. The van der Waals surface area contributed by atoms with Crippen LogP contribution in [0.25, 0.3) is 0 Å². The van der Waals surface area contributed by atoms with E-state index in [2.05, 4.69) is 0 Å². The van der Waals surface area contributed by atoms with Crippen LogP contribution in [0.4, 0.5) is 8.78 Å². The largest absolute Gasteiger partial charge is 0.339 e. The Labute approximate surface area is 162 Å². The standard InChI is InChI=1S/C22H22F2N2O2/c23-18-5-1-3-16(13-18)15-26-12-9-22(21(26)28)7-10-25(11-8-22)20(27)17-4-2-6-19(24)14-17/h1-6,13-14H,7-12,15H2. The molecule has 2 aromatic carbocycles. The highest BCUT2D eigenvalue weighted by Gasteiger charge is 2.48. The molecule has 0 aromatic heterocycles. The molecule has 2 aromatic rings. The summed E-state index contributed by atoms with van der Waals surface area (Å²) in [5.41, 5.74) is 0.678. The molecule has 4 rings (SSSR count). The second-order valence-corrected chi connectivity index (χ2v) is 7.69. The molecule has 0 unspecified atom stereocenters. The van der Waals surface area contributed by atoms with E-state index in [1.807, 2.05) is 6.07 Å². The van der Waals surface area contributed by atoms with E-state index >= 15 is 0 Å². The second-order valence-electron chi connectivity index (χ2n) is 7.69. The van der Waals surface area contributed by atoms with Crippen LogP contribution in [-0.4, -0.2) is 41.2 Å². The van der Waals surface area contributed by atoms with Gasteiger partial charge in [0.05, 0.1) is 5.41 Å². The van der Waals surface area contributed by atoms with Crippen LogP contribution >= 0.6 is 0 Å². The summed E-state index contributed by atoms with van der Waals surface area (Å²) in [5.74, 6) is -0.840. The quantitative estimate of drug-likeness (QED) is 0.811. The van der Waals surface area contributed by atoms with Gasteiger partial charge in [-0.15, -0.1) is 0 Å². The minimum Gasteiger partial charge on any atom is -0.339 e. The van der Waals surface area contributed by atoms with Gasteiger partial charge in [0.2, 0.25) is 5.91 Å². The maximum absolute atomic E-state index is 13.4. The van der Waals surface area contributed by atoms with Crippen LogP contribution in [0.2, 0.25) is 0 Å². The summed E-state index contributed by atoms with van der Waals surface area (Å²) in [6.45, 7) is 2.02. The van der Waals surface area contributed by atoms with E-state index in [0.717, 1.165) is 12.0 Å². The number of hydrogen-bond donors (Lipinski definition) is 0. The lowest BCUT2D eigenvalue weighted by Gasteiger charge is -2.38. The van der Waals surface area contributed by atoms with Crippen LogP contribution in [0.15, 0.2) is 48.5 Å². The van der Waals surface area contributed by atoms with Crippen molar-refractivity contribution in [1.82, 2.24) is 9.80 Å². The molecule has 1 spiro atoms. The maximum atomic E-state index is 13.4. The summed E-state index contributed by atoms with van der Waals surface area (Å²) in [5, 5.41) is 0. The van der Waals surface area contributed by atoms with Crippen molar-refractivity contribution in [2.75, 3.05) is 19.6 Å². The molecule has 146 valence electrons. The molecule has 0 saturated carbocycles. The molecule has 6 heteroatoms. The first-order valence-corrected chi connectivity index (χ1v) is 9.56. The van der Waals surface area contributed by atoms with Gasteiger partial charge in [0.1, 0.15) is 11.6 Å². The number of carbonyl (C=O) groups excluding carboxylic acids is 2. The number of piperidine rings is 1. The number of hydrogen-bond acceptors (Lipinski definition) is 2. The van der Waals surface area contributed by atoms with Crippen molar-refractivity contribution < 1.29 is 18.4 Å². The van der Waals surface area contributed by atoms with Crippen LogP contribution < -0.4 is 0 Å². The molecule has 2 saturated heterocycles. The third-order valence-electron chi connectivity index (χ3n) is 5.94. The molecule has 2 heterocycles. The van der Waals surface area contributed by atoms with Crippen LogP contribution in [-0.2, 0) is 11.3 Å². The van der Waals surface area contributed by atoms with Crippen molar-refractivity contribution in [2.45, 2.75) is 25.8 Å². The Morgan fingerprint density at radius 1 is 0.929 bits per heavy atom. The van der Waals surface area contributed by atoms with Crippen molar-refractivity contribution in [1.29, 1.82) is 0 Å². The molecule has 0 N–H and O–H groups in total.